The van der Waals surface area contributed by atoms with Crippen molar-refractivity contribution in [1.29, 1.82) is 0 Å². The number of carbonyl (C=O) groups is 2. The van der Waals surface area contributed by atoms with Gasteiger partial charge in [-0.3, -0.25) is 9.59 Å². The number of alkyl halides is 3. The summed E-state index contributed by atoms with van der Waals surface area (Å²) < 4.78 is 59.2. The third kappa shape index (κ3) is 10.8. The molecular weight excluding hydrogens is 542 g/mol. The van der Waals surface area contributed by atoms with E-state index in [4.69, 9.17) is 4.74 Å². The van der Waals surface area contributed by atoms with Crippen LogP contribution in [0.4, 0.5) is 17.6 Å². The Morgan fingerprint density at radius 2 is 1.95 bits per heavy atom. The maximum absolute atomic E-state index is 14.4. The molecule has 3 rings (SSSR count). The molecule has 1 aliphatic rings. The normalized spacial score (nSPS) is 19.2. The fourth-order valence-corrected chi connectivity index (χ4v) is 4.56. The topological polar surface area (TPSA) is 90.9 Å². The van der Waals surface area contributed by atoms with Crippen LogP contribution in [0.25, 0.3) is 0 Å². The van der Waals surface area contributed by atoms with Crippen molar-refractivity contribution in [2.24, 2.45) is 0 Å². The Hall–Kier alpha value is -3.44. The monoisotopic (exact) mass is 579 g/mol. The number of amides is 2. The third-order valence-electron chi connectivity index (χ3n) is 6.61. The largest absolute Gasteiger partial charge is 0.489 e. The van der Waals surface area contributed by atoms with Crippen LogP contribution in [0.15, 0.2) is 54.6 Å². The van der Waals surface area contributed by atoms with E-state index in [1.165, 1.54) is 24.3 Å². The van der Waals surface area contributed by atoms with Crippen LogP contribution in [0.5, 0.6) is 5.75 Å². The number of hydrogen-bond donors (Lipinski definition) is 3. The molecule has 0 spiro atoms. The lowest BCUT2D eigenvalue weighted by Crippen LogP contribution is -2.48. The van der Waals surface area contributed by atoms with Crippen molar-refractivity contribution in [3.05, 3.63) is 77.1 Å². The van der Waals surface area contributed by atoms with E-state index < -0.39 is 29.7 Å². The van der Waals surface area contributed by atoms with Gasteiger partial charge in [0.15, 0.2) is 0 Å². The molecule has 11 heteroatoms. The smallest absolute Gasteiger partial charge is 0.416 e. The fourth-order valence-electron chi connectivity index (χ4n) is 4.56. The van der Waals surface area contributed by atoms with Gasteiger partial charge < -0.3 is 25.4 Å². The predicted octanol–water partition coefficient (Wildman–Crippen LogP) is 4.38. The van der Waals surface area contributed by atoms with Gasteiger partial charge in [0.05, 0.1) is 17.7 Å². The van der Waals surface area contributed by atoms with Gasteiger partial charge in [0, 0.05) is 45.1 Å². The summed E-state index contributed by atoms with van der Waals surface area (Å²) in [5.74, 6) is -0.712. The quantitative estimate of drug-likeness (QED) is 0.335. The lowest BCUT2D eigenvalue weighted by atomic mass is 10.00. The number of rotatable bonds is 7. The van der Waals surface area contributed by atoms with Crippen LogP contribution in [0.3, 0.4) is 0 Å². The number of hydrogen-bond acceptors (Lipinski definition) is 5. The number of aliphatic hydroxyl groups is 1. The molecule has 0 aliphatic carbocycles. The highest BCUT2D eigenvalue weighted by Gasteiger charge is 2.30. The zero-order valence-corrected chi connectivity index (χ0v) is 23.1. The summed E-state index contributed by atoms with van der Waals surface area (Å²) in [6, 6.07) is 8.18. The molecule has 2 unspecified atom stereocenters. The van der Waals surface area contributed by atoms with Gasteiger partial charge in [-0.2, -0.15) is 13.2 Å². The summed E-state index contributed by atoms with van der Waals surface area (Å²) in [7, 11) is 0. The number of carbonyl (C=O) groups excluding carboxylic acids is 2. The first-order valence-electron chi connectivity index (χ1n) is 13.7. The van der Waals surface area contributed by atoms with E-state index in [0.29, 0.717) is 30.6 Å². The Kier molecular flexibility index (Phi) is 12.2. The molecule has 7 nitrogen and oxygen atoms in total. The molecule has 2 aromatic rings. The van der Waals surface area contributed by atoms with Crippen LogP contribution in [0.2, 0.25) is 0 Å². The summed E-state index contributed by atoms with van der Waals surface area (Å²) in [6.07, 6.45) is -0.623. The second kappa shape index (κ2) is 15.5. The van der Waals surface area contributed by atoms with Crippen LogP contribution in [-0.2, 0) is 28.7 Å². The number of fused-ring (bicyclic) bond motifs is 2. The molecule has 0 aromatic heterocycles. The van der Waals surface area contributed by atoms with Crippen molar-refractivity contribution >= 4 is 11.8 Å². The summed E-state index contributed by atoms with van der Waals surface area (Å²) in [4.78, 5) is 27.2. The van der Waals surface area contributed by atoms with Crippen LogP contribution in [0.1, 0.15) is 49.3 Å². The van der Waals surface area contributed by atoms with E-state index in [-0.39, 0.29) is 56.5 Å². The molecular formula is C30H37F4N3O4. The molecule has 3 N–H and O–H groups in total. The maximum atomic E-state index is 14.4. The molecule has 2 aromatic carbocycles. The van der Waals surface area contributed by atoms with Gasteiger partial charge in [-0.15, -0.1) is 0 Å². The molecule has 0 saturated carbocycles. The number of halogens is 4. The highest BCUT2D eigenvalue weighted by atomic mass is 19.4. The van der Waals surface area contributed by atoms with Crippen molar-refractivity contribution in [1.82, 2.24) is 15.5 Å². The van der Waals surface area contributed by atoms with Gasteiger partial charge in [0.25, 0.3) is 0 Å². The minimum absolute atomic E-state index is 0.0465. The SMILES string of the molecule is CCCN1C/C=C\COc2cc(F)cc(c2)CC(C(O)CNCc2cccc(C(F)(F)F)c2)NC(=O)CCCC1=O. The number of nitrogens with one attached hydrogen (secondary N) is 2. The third-order valence-corrected chi connectivity index (χ3v) is 6.61. The van der Waals surface area contributed by atoms with Crippen molar-refractivity contribution in [2.45, 2.75) is 63.9 Å². The number of aliphatic hydroxyl groups excluding tert-OH is 1. The Labute approximate surface area is 237 Å². The van der Waals surface area contributed by atoms with Crippen LogP contribution >= 0.6 is 0 Å². The molecule has 0 radical (unpaired) electrons. The first-order valence-corrected chi connectivity index (χ1v) is 13.7. The maximum Gasteiger partial charge on any atom is 0.416 e. The van der Waals surface area contributed by atoms with Crippen molar-refractivity contribution in [3.63, 3.8) is 0 Å². The predicted molar refractivity (Wildman–Crippen MR) is 147 cm³/mol. The lowest BCUT2D eigenvalue weighted by Gasteiger charge is -2.25. The van der Waals surface area contributed by atoms with Crippen LogP contribution in [0, 0.1) is 5.82 Å². The highest BCUT2D eigenvalue weighted by molar-refractivity contribution is 5.79. The molecule has 2 amide bonds. The van der Waals surface area contributed by atoms with Crippen LogP contribution in [-0.4, -0.2) is 60.2 Å². The zero-order valence-electron chi connectivity index (χ0n) is 23.1. The minimum atomic E-state index is -4.47. The molecule has 0 fully saturated rings. The number of benzene rings is 2. The summed E-state index contributed by atoms with van der Waals surface area (Å²) in [5, 5.41) is 16.7. The summed E-state index contributed by atoms with van der Waals surface area (Å²) in [5.41, 5.74) is 0.0984. The van der Waals surface area contributed by atoms with E-state index in [9.17, 15) is 32.3 Å². The molecule has 1 heterocycles. The zero-order chi connectivity index (χ0) is 29.8. The molecule has 41 heavy (non-hydrogen) atoms. The second-order valence-electron chi connectivity index (χ2n) is 10.0. The minimum Gasteiger partial charge on any atom is -0.489 e. The Bertz CT molecular complexity index is 1190. The molecule has 2 bridgehead atoms. The van der Waals surface area contributed by atoms with Crippen molar-refractivity contribution < 1.29 is 37.0 Å². The van der Waals surface area contributed by atoms with Gasteiger partial charge in [0.2, 0.25) is 11.8 Å². The van der Waals surface area contributed by atoms with E-state index in [2.05, 4.69) is 10.6 Å². The number of nitrogens with zero attached hydrogens (tertiary/aromatic N) is 1. The van der Waals surface area contributed by atoms with Gasteiger partial charge in [0.1, 0.15) is 18.2 Å². The molecule has 0 saturated heterocycles. The fraction of sp³-hybridized carbons (Fsp3) is 0.467. The lowest BCUT2D eigenvalue weighted by molar-refractivity contribution is -0.137. The second-order valence-corrected chi connectivity index (χ2v) is 10.0. The first kappa shape index (κ1) is 32.1. The van der Waals surface area contributed by atoms with Gasteiger partial charge >= 0.3 is 6.18 Å². The molecule has 1 aliphatic heterocycles. The van der Waals surface area contributed by atoms with E-state index in [1.807, 2.05) is 13.0 Å². The van der Waals surface area contributed by atoms with E-state index in [0.717, 1.165) is 18.6 Å². The highest BCUT2D eigenvalue weighted by Crippen LogP contribution is 2.29. The number of ether oxygens (including phenoxy) is 1. The van der Waals surface area contributed by atoms with Crippen molar-refractivity contribution in [3.8, 4) is 5.75 Å². The summed E-state index contributed by atoms with van der Waals surface area (Å²) in [6.45, 7) is 3.12. The average molecular weight is 580 g/mol. The first-order chi connectivity index (χ1) is 19.5. The van der Waals surface area contributed by atoms with E-state index >= 15 is 0 Å². The van der Waals surface area contributed by atoms with Gasteiger partial charge in [-0.05, 0) is 54.7 Å². The molecule has 2 atom stereocenters. The molecule has 224 valence electrons. The van der Waals surface area contributed by atoms with Gasteiger partial charge in [-0.1, -0.05) is 31.2 Å². The average Bonchev–Trinajstić information content (AvgIpc) is 2.91. The van der Waals surface area contributed by atoms with Gasteiger partial charge in [-0.25, -0.2) is 4.39 Å². The van der Waals surface area contributed by atoms with E-state index in [1.54, 1.807) is 17.0 Å². The van der Waals surface area contributed by atoms with Crippen LogP contribution < -0.4 is 15.4 Å². The van der Waals surface area contributed by atoms with Crippen molar-refractivity contribution in [2.75, 3.05) is 26.2 Å². The summed E-state index contributed by atoms with van der Waals surface area (Å²) >= 11 is 0. The Balaban J connectivity index is 1.73. The Morgan fingerprint density at radius 3 is 2.71 bits per heavy atom. The Morgan fingerprint density at radius 1 is 1.15 bits per heavy atom. The standard InChI is InChI=1S/C30H37F4N3O4/c1-2-11-37-12-3-4-13-41-25-16-22(15-24(31)18-25)17-26(36-28(39)9-6-10-29(37)40)27(38)20-35-19-21-7-5-8-23(14-21)30(32,33)34/h3-5,7-8,14-16,18,26-27,35,38H,2,6,9-13,17,19-20H2,1H3,(H,36,39)/b4-3-.